The van der Waals surface area contributed by atoms with E-state index in [0.717, 1.165) is 23.5 Å². The highest BCUT2D eigenvalue weighted by atomic mass is 79.9. The number of amides is 1. The van der Waals surface area contributed by atoms with Gasteiger partial charge < -0.3 is 10.1 Å². The van der Waals surface area contributed by atoms with Crippen LogP contribution in [0.1, 0.15) is 34.2 Å². The van der Waals surface area contributed by atoms with Crippen LogP contribution in [0.4, 0.5) is 5.69 Å². The number of hydrogen-bond acceptors (Lipinski definition) is 4. The van der Waals surface area contributed by atoms with E-state index in [-0.39, 0.29) is 5.91 Å². The monoisotopic (exact) mass is 483 g/mol. The Hall–Kier alpha value is -3.13. The van der Waals surface area contributed by atoms with Crippen LogP contribution in [-0.4, -0.2) is 28.8 Å². The first-order valence-electron chi connectivity index (χ1n) is 9.97. The number of halogens is 1. The SMILES string of the molecule is CCn1nc(C)c(CN=C(NC(=O)c2ccccc2Br)Nc2ccccc2OC)c1C. The number of nitrogens with zero attached hydrogens (tertiary/aromatic N) is 3. The van der Waals surface area contributed by atoms with E-state index in [1.54, 1.807) is 13.2 Å². The Bertz CT molecular complexity index is 1110. The molecule has 2 N–H and O–H groups in total. The van der Waals surface area contributed by atoms with Gasteiger partial charge in [-0.05, 0) is 61.0 Å². The van der Waals surface area contributed by atoms with Crippen molar-refractivity contribution in [2.24, 2.45) is 4.99 Å². The number of aliphatic imine (C=N–C) groups is 1. The molecule has 0 bridgehead atoms. The zero-order valence-corrected chi connectivity index (χ0v) is 19.7. The number of benzene rings is 2. The van der Waals surface area contributed by atoms with Crippen LogP contribution in [-0.2, 0) is 13.1 Å². The van der Waals surface area contributed by atoms with E-state index >= 15 is 0 Å². The summed E-state index contributed by atoms with van der Waals surface area (Å²) in [5, 5.41) is 10.6. The number of carbonyl (C=O) groups is 1. The lowest BCUT2D eigenvalue weighted by molar-refractivity contribution is 0.0976. The molecule has 0 unspecified atom stereocenters. The Morgan fingerprint density at radius 1 is 1.16 bits per heavy atom. The predicted octanol–water partition coefficient (Wildman–Crippen LogP) is 4.69. The summed E-state index contributed by atoms with van der Waals surface area (Å²) in [6.07, 6.45) is 0. The molecular weight excluding hydrogens is 458 g/mol. The highest BCUT2D eigenvalue weighted by Gasteiger charge is 2.15. The van der Waals surface area contributed by atoms with Crippen LogP contribution >= 0.6 is 15.9 Å². The second kappa shape index (κ2) is 10.3. The molecule has 0 saturated carbocycles. The molecule has 0 saturated heterocycles. The molecule has 0 spiro atoms. The van der Waals surface area contributed by atoms with Crippen molar-refractivity contribution in [1.82, 2.24) is 15.1 Å². The summed E-state index contributed by atoms with van der Waals surface area (Å²) in [6, 6.07) is 14.7. The number of rotatable bonds is 6. The summed E-state index contributed by atoms with van der Waals surface area (Å²) >= 11 is 3.43. The van der Waals surface area contributed by atoms with Gasteiger partial charge in [0.1, 0.15) is 5.75 Å². The summed E-state index contributed by atoms with van der Waals surface area (Å²) in [7, 11) is 1.60. The summed E-state index contributed by atoms with van der Waals surface area (Å²) in [5.41, 5.74) is 4.25. The minimum Gasteiger partial charge on any atom is -0.495 e. The predicted molar refractivity (Wildman–Crippen MR) is 127 cm³/mol. The lowest BCUT2D eigenvalue weighted by Gasteiger charge is -2.15. The number of aromatic nitrogens is 2. The molecule has 1 amide bonds. The van der Waals surface area contributed by atoms with Crippen molar-refractivity contribution in [1.29, 1.82) is 0 Å². The lowest BCUT2D eigenvalue weighted by atomic mass is 10.2. The van der Waals surface area contributed by atoms with Gasteiger partial charge in [0.2, 0.25) is 5.96 Å². The minimum absolute atomic E-state index is 0.272. The third kappa shape index (κ3) is 5.32. The zero-order chi connectivity index (χ0) is 22.4. The first-order valence-corrected chi connectivity index (χ1v) is 10.8. The second-order valence-electron chi connectivity index (χ2n) is 6.89. The Morgan fingerprint density at radius 3 is 2.55 bits per heavy atom. The van der Waals surface area contributed by atoms with Crippen LogP contribution < -0.4 is 15.4 Å². The molecule has 8 heteroatoms. The van der Waals surface area contributed by atoms with Crippen molar-refractivity contribution in [3.05, 3.63) is 75.5 Å². The number of methoxy groups -OCH3 is 1. The van der Waals surface area contributed by atoms with Crippen molar-refractivity contribution < 1.29 is 9.53 Å². The maximum Gasteiger partial charge on any atom is 0.259 e. The first kappa shape index (κ1) is 22.6. The molecule has 3 rings (SSSR count). The Kier molecular flexibility index (Phi) is 7.46. The Labute approximate surface area is 190 Å². The number of hydrogen-bond donors (Lipinski definition) is 2. The van der Waals surface area contributed by atoms with E-state index in [1.165, 1.54) is 0 Å². The molecule has 7 nitrogen and oxygen atoms in total. The van der Waals surface area contributed by atoms with Gasteiger partial charge in [-0.2, -0.15) is 5.10 Å². The average Bonchev–Trinajstić information content (AvgIpc) is 3.05. The topological polar surface area (TPSA) is 80.5 Å². The van der Waals surface area contributed by atoms with Gasteiger partial charge in [-0.3, -0.25) is 14.8 Å². The van der Waals surface area contributed by atoms with Crippen molar-refractivity contribution in [2.75, 3.05) is 12.4 Å². The van der Waals surface area contributed by atoms with Crippen LogP contribution in [0.5, 0.6) is 5.75 Å². The van der Waals surface area contributed by atoms with Crippen LogP contribution in [0.25, 0.3) is 0 Å². The van der Waals surface area contributed by atoms with E-state index in [9.17, 15) is 4.79 Å². The smallest absolute Gasteiger partial charge is 0.259 e. The molecular formula is C23H26BrN5O2. The van der Waals surface area contributed by atoms with Crippen LogP contribution in [0, 0.1) is 13.8 Å². The maximum absolute atomic E-state index is 12.9. The molecule has 0 aliphatic heterocycles. The minimum atomic E-state index is -0.272. The molecule has 0 radical (unpaired) electrons. The number of para-hydroxylation sites is 2. The highest BCUT2D eigenvalue weighted by molar-refractivity contribution is 9.10. The molecule has 31 heavy (non-hydrogen) atoms. The van der Waals surface area contributed by atoms with Crippen LogP contribution in [0.15, 0.2) is 58.0 Å². The third-order valence-electron chi connectivity index (χ3n) is 4.94. The molecule has 2 aromatic carbocycles. The van der Waals surface area contributed by atoms with Crippen molar-refractivity contribution in [3.8, 4) is 5.75 Å². The van der Waals surface area contributed by atoms with Crippen molar-refractivity contribution in [3.63, 3.8) is 0 Å². The molecule has 3 aromatic rings. The van der Waals surface area contributed by atoms with E-state index in [0.29, 0.717) is 34.0 Å². The van der Waals surface area contributed by atoms with E-state index in [4.69, 9.17) is 4.74 Å². The summed E-state index contributed by atoms with van der Waals surface area (Å²) in [5.74, 6) is 0.705. The van der Waals surface area contributed by atoms with Gasteiger partial charge >= 0.3 is 0 Å². The van der Waals surface area contributed by atoms with E-state index in [2.05, 4.69) is 43.6 Å². The average molecular weight is 484 g/mol. The lowest BCUT2D eigenvalue weighted by Crippen LogP contribution is -2.36. The molecule has 1 aromatic heterocycles. The van der Waals surface area contributed by atoms with Gasteiger partial charge in [-0.25, -0.2) is 4.99 Å². The Morgan fingerprint density at radius 2 is 1.87 bits per heavy atom. The fraction of sp³-hybridized carbons (Fsp3) is 0.261. The van der Waals surface area contributed by atoms with Gasteiger partial charge in [0.25, 0.3) is 5.91 Å². The van der Waals surface area contributed by atoms with Gasteiger partial charge in [0, 0.05) is 22.3 Å². The molecule has 162 valence electrons. The fourth-order valence-electron chi connectivity index (χ4n) is 3.23. The standard InChI is InChI=1S/C23H26BrN5O2/c1-5-29-16(3)18(15(2)28-29)14-25-23(26-20-12-8-9-13-21(20)31-4)27-22(30)17-10-6-7-11-19(17)24/h6-13H,5,14H2,1-4H3,(H2,25,26,27,30). The van der Waals surface area contributed by atoms with Gasteiger partial charge in [0.15, 0.2) is 0 Å². The largest absolute Gasteiger partial charge is 0.495 e. The number of nitrogens with one attached hydrogen (secondary N) is 2. The zero-order valence-electron chi connectivity index (χ0n) is 18.1. The molecule has 0 atom stereocenters. The molecule has 0 fully saturated rings. The summed E-state index contributed by atoms with van der Waals surface area (Å²) in [6.45, 7) is 7.23. The molecule has 0 aliphatic rings. The number of aryl methyl sites for hydroxylation is 2. The van der Waals surface area contributed by atoms with E-state index in [1.807, 2.05) is 61.0 Å². The van der Waals surface area contributed by atoms with Gasteiger partial charge in [-0.1, -0.05) is 24.3 Å². The number of carbonyl (C=O) groups excluding carboxylic acids is 1. The first-order chi connectivity index (χ1) is 14.9. The van der Waals surface area contributed by atoms with E-state index < -0.39 is 0 Å². The summed E-state index contributed by atoms with van der Waals surface area (Å²) < 4.78 is 8.08. The van der Waals surface area contributed by atoms with Crippen molar-refractivity contribution >= 4 is 33.5 Å². The molecule has 0 aliphatic carbocycles. The van der Waals surface area contributed by atoms with Crippen LogP contribution in [0.3, 0.4) is 0 Å². The quantitative estimate of drug-likeness (QED) is 0.393. The highest BCUT2D eigenvalue weighted by Crippen LogP contribution is 2.23. The number of anilines is 1. The maximum atomic E-state index is 12.9. The molecule has 1 heterocycles. The second-order valence-corrected chi connectivity index (χ2v) is 7.74. The van der Waals surface area contributed by atoms with Crippen LogP contribution in [0.2, 0.25) is 0 Å². The Balaban J connectivity index is 1.92. The number of guanidine groups is 1. The van der Waals surface area contributed by atoms with Gasteiger partial charge in [-0.15, -0.1) is 0 Å². The summed E-state index contributed by atoms with van der Waals surface area (Å²) in [4.78, 5) is 17.6. The van der Waals surface area contributed by atoms with Crippen molar-refractivity contribution in [2.45, 2.75) is 33.9 Å². The normalized spacial score (nSPS) is 11.3. The third-order valence-corrected chi connectivity index (χ3v) is 5.63. The fourth-order valence-corrected chi connectivity index (χ4v) is 3.70. The van der Waals surface area contributed by atoms with Gasteiger partial charge in [0.05, 0.1) is 30.6 Å². The number of ether oxygens (including phenoxy) is 1.